The molecule has 0 atom stereocenters. The van der Waals surface area contributed by atoms with Gasteiger partial charge in [0, 0.05) is 5.56 Å². The monoisotopic (exact) mass is 408 g/mol. The van der Waals surface area contributed by atoms with Gasteiger partial charge in [0.1, 0.15) is 0 Å². The van der Waals surface area contributed by atoms with Crippen LogP contribution in [-0.4, -0.2) is 35.3 Å². The number of nitrogens with one attached hydrogen (secondary N) is 1. The summed E-state index contributed by atoms with van der Waals surface area (Å²) in [5.41, 5.74) is 1.54. The van der Waals surface area contributed by atoms with Gasteiger partial charge in [-0.15, -0.1) is 0 Å². The normalized spacial score (nSPS) is 11.1. The average molecular weight is 409 g/mol. The number of aromatic amines is 1. The van der Waals surface area contributed by atoms with E-state index in [0.29, 0.717) is 32.1 Å². The Morgan fingerprint density at radius 1 is 1.08 bits per heavy atom. The molecule has 3 rings (SSSR count). The predicted octanol–water partition coefficient (Wildman–Crippen LogP) is 4.81. The molecule has 0 radical (unpaired) electrons. The largest absolute Gasteiger partial charge is 0.493 e. The van der Waals surface area contributed by atoms with Crippen LogP contribution in [0.3, 0.4) is 0 Å². The highest BCUT2D eigenvalue weighted by molar-refractivity contribution is 7.71. The minimum Gasteiger partial charge on any atom is -0.493 e. The fraction of sp³-hybridized carbons (Fsp3) is 0.118. The lowest BCUT2D eigenvalue weighted by Crippen LogP contribution is -1.96. The molecule has 1 N–H and O–H groups in total. The van der Waals surface area contributed by atoms with E-state index in [-0.39, 0.29) is 0 Å². The van der Waals surface area contributed by atoms with E-state index in [4.69, 9.17) is 44.9 Å². The van der Waals surface area contributed by atoms with E-state index in [0.717, 1.165) is 11.1 Å². The SMILES string of the molecule is COc1ccc(-c2n[nH]c(=S)n2/N=C/c2ccc(Cl)c(Cl)c2)cc1OC. The average Bonchev–Trinajstić information content (AvgIpc) is 3.02. The third-order valence-electron chi connectivity index (χ3n) is 3.56. The first-order valence-electron chi connectivity index (χ1n) is 7.42. The van der Waals surface area contributed by atoms with Crippen molar-refractivity contribution in [2.75, 3.05) is 14.2 Å². The number of ether oxygens (including phenoxy) is 2. The van der Waals surface area contributed by atoms with Crippen molar-refractivity contribution in [2.24, 2.45) is 5.10 Å². The Bertz CT molecular complexity index is 1030. The van der Waals surface area contributed by atoms with E-state index in [1.54, 1.807) is 50.8 Å². The number of hydrogen-bond acceptors (Lipinski definition) is 5. The van der Waals surface area contributed by atoms with Crippen LogP contribution in [0, 0.1) is 4.77 Å². The maximum atomic E-state index is 6.03. The van der Waals surface area contributed by atoms with Crippen LogP contribution in [0.5, 0.6) is 11.5 Å². The van der Waals surface area contributed by atoms with Crippen LogP contribution in [0.4, 0.5) is 0 Å². The zero-order chi connectivity index (χ0) is 18.7. The first kappa shape index (κ1) is 18.4. The number of benzene rings is 2. The number of H-pyrrole nitrogens is 1. The van der Waals surface area contributed by atoms with Crippen molar-refractivity contribution >= 4 is 41.6 Å². The molecule has 0 amide bonds. The molecule has 1 heterocycles. The molecule has 0 aliphatic carbocycles. The van der Waals surface area contributed by atoms with Gasteiger partial charge in [-0.1, -0.05) is 29.3 Å². The molecule has 0 unspecified atom stereocenters. The van der Waals surface area contributed by atoms with E-state index >= 15 is 0 Å². The molecule has 0 aliphatic heterocycles. The van der Waals surface area contributed by atoms with Gasteiger partial charge in [0.25, 0.3) is 0 Å². The van der Waals surface area contributed by atoms with Gasteiger partial charge < -0.3 is 9.47 Å². The molecule has 0 aliphatic rings. The van der Waals surface area contributed by atoms with Gasteiger partial charge in [0.2, 0.25) is 4.77 Å². The first-order chi connectivity index (χ1) is 12.5. The molecule has 3 aromatic rings. The van der Waals surface area contributed by atoms with Crippen LogP contribution in [0.2, 0.25) is 10.0 Å². The summed E-state index contributed by atoms with van der Waals surface area (Å²) in [5.74, 6) is 1.74. The number of nitrogens with zero attached hydrogens (tertiary/aromatic N) is 3. The number of aromatic nitrogens is 3. The van der Waals surface area contributed by atoms with Crippen molar-refractivity contribution < 1.29 is 9.47 Å². The van der Waals surface area contributed by atoms with Gasteiger partial charge in [-0.2, -0.15) is 14.9 Å². The Morgan fingerprint density at radius 2 is 1.85 bits per heavy atom. The molecule has 1 aromatic heterocycles. The standard InChI is InChI=1S/C17H14Cl2N4O2S/c1-24-14-6-4-11(8-15(14)25-2)16-21-22-17(26)23(16)20-9-10-3-5-12(18)13(19)7-10/h3-9H,1-2H3,(H,22,26)/b20-9+. The smallest absolute Gasteiger partial charge is 0.216 e. The first-order valence-corrected chi connectivity index (χ1v) is 8.59. The highest BCUT2D eigenvalue weighted by Gasteiger charge is 2.12. The van der Waals surface area contributed by atoms with Crippen LogP contribution >= 0.6 is 35.4 Å². The van der Waals surface area contributed by atoms with Gasteiger partial charge in [0.15, 0.2) is 17.3 Å². The van der Waals surface area contributed by atoms with Crippen LogP contribution in [0.1, 0.15) is 5.56 Å². The Balaban J connectivity index is 2.00. The molecule has 26 heavy (non-hydrogen) atoms. The molecule has 0 spiro atoms. The van der Waals surface area contributed by atoms with E-state index < -0.39 is 0 Å². The Morgan fingerprint density at radius 3 is 2.54 bits per heavy atom. The van der Waals surface area contributed by atoms with E-state index in [1.165, 1.54) is 4.68 Å². The number of halogens is 2. The number of methoxy groups -OCH3 is 2. The highest BCUT2D eigenvalue weighted by Crippen LogP contribution is 2.31. The Labute approximate surface area is 165 Å². The molecule has 0 bridgehead atoms. The lowest BCUT2D eigenvalue weighted by molar-refractivity contribution is 0.355. The molecule has 0 saturated heterocycles. The predicted molar refractivity (Wildman–Crippen MR) is 105 cm³/mol. The molecular formula is C17H14Cl2N4O2S. The summed E-state index contributed by atoms with van der Waals surface area (Å²) >= 11 is 17.2. The van der Waals surface area contributed by atoms with Crippen LogP contribution in [-0.2, 0) is 0 Å². The molecule has 0 fully saturated rings. The van der Waals surface area contributed by atoms with Crippen LogP contribution < -0.4 is 9.47 Å². The van der Waals surface area contributed by atoms with Gasteiger partial charge in [-0.25, -0.2) is 5.10 Å². The summed E-state index contributed by atoms with van der Waals surface area (Å²) < 4.78 is 12.5. The van der Waals surface area contributed by atoms with E-state index in [2.05, 4.69) is 15.3 Å². The van der Waals surface area contributed by atoms with E-state index in [1.807, 2.05) is 6.07 Å². The highest BCUT2D eigenvalue weighted by atomic mass is 35.5. The second-order valence-corrected chi connectivity index (χ2v) is 6.35. The Hall–Kier alpha value is -2.35. The van der Waals surface area contributed by atoms with Gasteiger partial charge >= 0.3 is 0 Å². The second-order valence-electron chi connectivity index (χ2n) is 5.15. The van der Waals surface area contributed by atoms with Crippen molar-refractivity contribution in [3.05, 3.63) is 56.8 Å². The fourth-order valence-corrected chi connectivity index (χ4v) is 2.76. The van der Waals surface area contributed by atoms with Gasteiger partial charge in [-0.3, -0.25) is 0 Å². The molecule has 6 nitrogen and oxygen atoms in total. The molecule has 2 aromatic carbocycles. The summed E-state index contributed by atoms with van der Waals surface area (Å²) in [5, 5.41) is 12.3. The third-order valence-corrected chi connectivity index (χ3v) is 4.56. The summed E-state index contributed by atoms with van der Waals surface area (Å²) in [6, 6.07) is 10.7. The van der Waals surface area contributed by atoms with Crippen molar-refractivity contribution in [1.29, 1.82) is 0 Å². The third kappa shape index (κ3) is 3.75. The minimum absolute atomic E-state index is 0.353. The maximum Gasteiger partial charge on any atom is 0.216 e. The van der Waals surface area contributed by atoms with Crippen LogP contribution in [0.15, 0.2) is 41.5 Å². The summed E-state index contributed by atoms with van der Waals surface area (Å²) in [7, 11) is 3.15. The second kappa shape index (κ2) is 7.90. The molecule has 134 valence electrons. The summed E-state index contributed by atoms with van der Waals surface area (Å²) in [4.78, 5) is 0. The summed E-state index contributed by atoms with van der Waals surface area (Å²) in [6.45, 7) is 0. The molecule has 9 heteroatoms. The van der Waals surface area contributed by atoms with Crippen molar-refractivity contribution in [3.63, 3.8) is 0 Å². The van der Waals surface area contributed by atoms with Crippen molar-refractivity contribution in [1.82, 2.24) is 14.9 Å². The zero-order valence-electron chi connectivity index (χ0n) is 13.9. The minimum atomic E-state index is 0.353. The van der Waals surface area contributed by atoms with Crippen molar-refractivity contribution in [3.8, 4) is 22.9 Å². The fourth-order valence-electron chi connectivity index (χ4n) is 2.28. The van der Waals surface area contributed by atoms with Crippen LogP contribution in [0.25, 0.3) is 11.4 Å². The lowest BCUT2D eigenvalue weighted by atomic mass is 10.2. The van der Waals surface area contributed by atoms with E-state index in [9.17, 15) is 0 Å². The van der Waals surface area contributed by atoms with Crippen molar-refractivity contribution in [2.45, 2.75) is 0 Å². The summed E-state index contributed by atoms with van der Waals surface area (Å²) in [6.07, 6.45) is 1.62. The maximum absolute atomic E-state index is 6.03. The zero-order valence-corrected chi connectivity index (χ0v) is 16.2. The topological polar surface area (TPSA) is 64.4 Å². The lowest BCUT2D eigenvalue weighted by Gasteiger charge is -2.09. The number of rotatable bonds is 5. The number of hydrogen-bond donors (Lipinski definition) is 1. The molecular weight excluding hydrogens is 395 g/mol. The Kier molecular flexibility index (Phi) is 5.61. The quantitative estimate of drug-likeness (QED) is 0.485. The molecule has 0 saturated carbocycles. The van der Waals surface area contributed by atoms with Gasteiger partial charge in [0.05, 0.1) is 30.5 Å². The van der Waals surface area contributed by atoms with Gasteiger partial charge in [-0.05, 0) is 48.1 Å².